The molecule has 5 unspecified atom stereocenters. The SMILES string of the molecule is CCC(C)C(NC(=O)C(N)CCC(N)=O)C(=O)NC(CO)C(=O)NC(Cc1cnc[nH]1)C(=O)O. The van der Waals surface area contributed by atoms with Crippen molar-refractivity contribution >= 4 is 29.6 Å². The van der Waals surface area contributed by atoms with Crippen LogP contribution in [0.4, 0.5) is 0 Å². The summed E-state index contributed by atoms with van der Waals surface area (Å²) in [6.45, 7) is 2.67. The lowest BCUT2D eigenvalue weighted by Gasteiger charge is -2.27. The summed E-state index contributed by atoms with van der Waals surface area (Å²) < 4.78 is 0. The van der Waals surface area contributed by atoms with E-state index in [1.165, 1.54) is 12.5 Å². The van der Waals surface area contributed by atoms with Crippen LogP contribution in [-0.2, 0) is 30.4 Å². The van der Waals surface area contributed by atoms with E-state index in [0.29, 0.717) is 12.1 Å². The molecular weight excluding hydrogens is 450 g/mol. The Hall–Kier alpha value is -3.52. The Morgan fingerprint density at radius 2 is 1.74 bits per heavy atom. The van der Waals surface area contributed by atoms with Gasteiger partial charge in [-0.25, -0.2) is 9.78 Å². The van der Waals surface area contributed by atoms with Crippen LogP contribution in [0.25, 0.3) is 0 Å². The minimum absolute atomic E-state index is 0.00933. The molecule has 4 amide bonds. The Labute approximate surface area is 196 Å². The van der Waals surface area contributed by atoms with Crippen LogP contribution in [0.3, 0.4) is 0 Å². The fourth-order valence-corrected chi connectivity index (χ4v) is 2.94. The second-order valence-corrected chi connectivity index (χ2v) is 7.91. The lowest BCUT2D eigenvalue weighted by Crippen LogP contribution is -2.59. The number of hydrogen-bond donors (Lipinski definition) is 8. The Bertz CT molecular complexity index is 846. The van der Waals surface area contributed by atoms with Gasteiger partial charge in [-0.05, 0) is 12.3 Å². The Morgan fingerprint density at radius 3 is 2.24 bits per heavy atom. The Balaban J connectivity index is 2.85. The molecule has 14 heteroatoms. The number of imidazole rings is 1. The largest absolute Gasteiger partial charge is 0.480 e. The van der Waals surface area contributed by atoms with Crippen LogP contribution in [0.1, 0.15) is 38.8 Å². The summed E-state index contributed by atoms with van der Waals surface area (Å²) in [4.78, 5) is 66.7. The van der Waals surface area contributed by atoms with E-state index < -0.39 is 60.4 Å². The highest BCUT2D eigenvalue weighted by molar-refractivity contribution is 5.94. The molecule has 0 fully saturated rings. The summed E-state index contributed by atoms with van der Waals surface area (Å²) in [5, 5.41) is 26.1. The van der Waals surface area contributed by atoms with Crippen molar-refractivity contribution < 1.29 is 34.2 Å². The molecule has 0 saturated heterocycles. The maximum Gasteiger partial charge on any atom is 0.326 e. The van der Waals surface area contributed by atoms with Gasteiger partial charge in [0, 0.05) is 24.7 Å². The molecule has 190 valence electrons. The third kappa shape index (κ3) is 9.15. The quantitative estimate of drug-likeness (QED) is 0.127. The molecule has 5 atom stereocenters. The van der Waals surface area contributed by atoms with Crippen LogP contribution >= 0.6 is 0 Å². The molecule has 0 saturated carbocycles. The van der Waals surface area contributed by atoms with Gasteiger partial charge in [0.2, 0.25) is 23.6 Å². The van der Waals surface area contributed by atoms with Crippen molar-refractivity contribution in [3.8, 4) is 0 Å². The van der Waals surface area contributed by atoms with Crippen molar-refractivity contribution in [2.45, 2.75) is 63.7 Å². The van der Waals surface area contributed by atoms with E-state index in [4.69, 9.17) is 11.5 Å². The van der Waals surface area contributed by atoms with Gasteiger partial charge in [-0.1, -0.05) is 20.3 Å². The van der Waals surface area contributed by atoms with E-state index in [2.05, 4.69) is 25.9 Å². The number of nitrogens with two attached hydrogens (primary N) is 2. The molecule has 0 spiro atoms. The summed E-state index contributed by atoms with van der Waals surface area (Å²) in [7, 11) is 0. The number of hydrogen-bond acceptors (Lipinski definition) is 8. The fourth-order valence-electron chi connectivity index (χ4n) is 2.94. The van der Waals surface area contributed by atoms with Gasteiger partial charge >= 0.3 is 5.97 Å². The monoisotopic (exact) mass is 483 g/mol. The molecule has 10 N–H and O–H groups in total. The van der Waals surface area contributed by atoms with E-state index in [1.54, 1.807) is 13.8 Å². The number of carboxylic acid groups (broad SMARTS) is 1. The number of aliphatic hydroxyl groups is 1. The first-order valence-electron chi connectivity index (χ1n) is 10.8. The summed E-state index contributed by atoms with van der Waals surface area (Å²) in [5.74, 6) is -4.68. The topological polar surface area (TPSA) is 243 Å². The molecule has 1 aromatic rings. The molecule has 0 aliphatic rings. The van der Waals surface area contributed by atoms with Gasteiger partial charge in [0.05, 0.1) is 19.0 Å². The standard InChI is InChI=1S/C20H33N7O7/c1-3-10(2)16(27-17(30)12(21)4-5-15(22)29)19(32)26-14(8-28)18(31)25-13(20(33)34)6-11-7-23-9-24-11/h7,9-10,12-14,16,28H,3-6,8,21H2,1-2H3,(H2,22,29)(H,23,24)(H,25,31)(H,26,32)(H,27,30)(H,33,34). The maximum absolute atomic E-state index is 12.9. The van der Waals surface area contributed by atoms with Crippen LogP contribution in [0.15, 0.2) is 12.5 Å². The number of aromatic amines is 1. The minimum Gasteiger partial charge on any atom is -0.480 e. The molecule has 34 heavy (non-hydrogen) atoms. The van der Waals surface area contributed by atoms with Gasteiger partial charge < -0.3 is 42.6 Å². The summed E-state index contributed by atoms with van der Waals surface area (Å²) in [5.41, 5.74) is 11.3. The molecule has 1 rings (SSSR count). The second-order valence-electron chi connectivity index (χ2n) is 7.91. The second kappa shape index (κ2) is 13.9. The first-order valence-corrected chi connectivity index (χ1v) is 10.8. The van der Waals surface area contributed by atoms with E-state index in [0.717, 1.165) is 0 Å². The zero-order valence-electron chi connectivity index (χ0n) is 19.1. The smallest absolute Gasteiger partial charge is 0.326 e. The highest BCUT2D eigenvalue weighted by atomic mass is 16.4. The van der Waals surface area contributed by atoms with Gasteiger partial charge in [0.15, 0.2) is 0 Å². The zero-order chi connectivity index (χ0) is 25.8. The van der Waals surface area contributed by atoms with Crippen molar-refractivity contribution in [2.75, 3.05) is 6.61 Å². The maximum atomic E-state index is 12.9. The number of carboxylic acids is 1. The normalized spacial score (nSPS) is 15.3. The number of primary amides is 1. The Kier molecular flexibility index (Phi) is 11.7. The number of amides is 4. The van der Waals surface area contributed by atoms with Crippen LogP contribution in [0.5, 0.6) is 0 Å². The lowest BCUT2D eigenvalue weighted by atomic mass is 9.97. The van der Waals surface area contributed by atoms with Crippen LogP contribution < -0.4 is 27.4 Å². The fraction of sp³-hybridized carbons (Fsp3) is 0.600. The first kappa shape index (κ1) is 28.5. The van der Waals surface area contributed by atoms with Crippen molar-refractivity contribution in [1.29, 1.82) is 0 Å². The number of carbonyl (C=O) groups excluding carboxylic acids is 4. The van der Waals surface area contributed by atoms with E-state index in [1.807, 2.05) is 0 Å². The van der Waals surface area contributed by atoms with Gasteiger partial charge in [-0.2, -0.15) is 0 Å². The van der Waals surface area contributed by atoms with Crippen LogP contribution in [0, 0.1) is 5.92 Å². The predicted molar refractivity (Wildman–Crippen MR) is 119 cm³/mol. The highest BCUT2D eigenvalue weighted by Gasteiger charge is 2.32. The molecule has 1 heterocycles. The average Bonchev–Trinajstić information content (AvgIpc) is 3.30. The predicted octanol–water partition coefficient (Wildman–Crippen LogP) is -2.88. The van der Waals surface area contributed by atoms with E-state index >= 15 is 0 Å². The third-order valence-electron chi connectivity index (χ3n) is 5.24. The van der Waals surface area contributed by atoms with E-state index in [9.17, 15) is 34.2 Å². The highest BCUT2D eigenvalue weighted by Crippen LogP contribution is 2.09. The van der Waals surface area contributed by atoms with Gasteiger partial charge in [-0.15, -0.1) is 0 Å². The first-order chi connectivity index (χ1) is 16.0. The van der Waals surface area contributed by atoms with Gasteiger partial charge in [-0.3, -0.25) is 19.2 Å². The van der Waals surface area contributed by atoms with E-state index in [-0.39, 0.29) is 25.2 Å². The summed E-state index contributed by atoms with van der Waals surface area (Å²) >= 11 is 0. The molecule has 1 aromatic heterocycles. The number of nitrogens with one attached hydrogen (secondary N) is 4. The molecule has 0 bridgehead atoms. The summed E-state index contributed by atoms with van der Waals surface area (Å²) in [6.07, 6.45) is 3.03. The molecule has 0 aliphatic carbocycles. The van der Waals surface area contributed by atoms with Crippen molar-refractivity contribution in [3.05, 3.63) is 18.2 Å². The van der Waals surface area contributed by atoms with Crippen molar-refractivity contribution in [1.82, 2.24) is 25.9 Å². The van der Waals surface area contributed by atoms with Crippen LogP contribution in [-0.4, -0.2) is 80.6 Å². The van der Waals surface area contributed by atoms with Crippen LogP contribution in [0.2, 0.25) is 0 Å². The number of nitrogens with zero attached hydrogens (tertiary/aromatic N) is 1. The lowest BCUT2D eigenvalue weighted by molar-refractivity contribution is -0.142. The average molecular weight is 484 g/mol. The molecule has 0 radical (unpaired) electrons. The van der Waals surface area contributed by atoms with Crippen molar-refractivity contribution in [3.63, 3.8) is 0 Å². The number of aliphatic hydroxyl groups excluding tert-OH is 1. The molecule has 14 nitrogen and oxygen atoms in total. The number of aliphatic carboxylic acids is 1. The Morgan fingerprint density at radius 1 is 1.09 bits per heavy atom. The molecule has 0 aromatic carbocycles. The number of rotatable bonds is 15. The zero-order valence-corrected chi connectivity index (χ0v) is 19.1. The van der Waals surface area contributed by atoms with Gasteiger partial charge in [0.1, 0.15) is 18.1 Å². The number of H-pyrrole nitrogens is 1. The third-order valence-corrected chi connectivity index (χ3v) is 5.24. The molecule has 0 aliphatic heterocycles. The molecular formula is C20H33N7O7. The number of carbonyl (C=O) groups is 5. The number of aromatic nitrogens is 2. The van der Waals surface area contributed by atoms with Crippen molar-refractivity contribution in [2.24, 2.45) is 17.4 Å². The van der Waals surface area contributed by atoms with Gasteiger partial charge in [0.25, 0.3) is 0 Å². The minimum atomic E-state index is -1.47. The summed E-state index contributed by atoms with van der Waals surface area (Å²) in [6, 6.07) is -4.99.